The van der Waals surface area contributed by atoms with Gasteiger partial charge < -0.3 is 4.74 Å². The highest BCUT2D eigenvalue weighted by Gasteiger charge is 2.35. The van der Waals surface area contributed by atoms with Gasteiger partial charge in [0.15, 0.2) is 0 Å². The molecule has 0 saturated carbocycles. The molecule has 0 spiro atoms. The highest BCUT2D eigenvalue weighted by Crippen LogP contribution is 2.35. The van der Waals surface area contributed by atoms with Crippen LogP contribution in [-0.2, 0) is 17.9 Å². The molecule has 4 nitrogen and oxygen atoms in total. The maximum atomic E-state index is 12.8. The molecule has 0 bridgehead atoms. The molecule has 1 fully saturated rings. The minimum absolute atomic E-state index is 0.241. The average molecular weight is 519 g/mol. The highest BCUT2D eigenvalue weighted by atomic mass is 35.5. The zero-order chi connectivity index (χ0) is 23.5. The van der Waals surface area contributed by atoms with E-state index in [1.54, 1.807) is 36.4 Å². The number of aryl methyl sites for hydroxylation is 1. The van der Waals surface area contributed by atoms with Crippen molar-refractivity contribution in [2.45, 2.75) is 20.1 Å². The lowest BCUT2D eigenvalue weighted by molar-refractivity contribution is -0.123. The smallest absolute Gasteiger partial charge is 0.293 e. The van der Waals surface area contributed by atoms with Gasteiger partial charge in [-0.2, -0.15) is 0 Å². The molecule has 168 valence electrons. The Labute approximate surface area is 211 Å². The van der Waals surface area contributed by atoms with Crippen LogP contribution in [0.4, 0.5) is 4.79 Å². The third-order valence-electron chi connectivity index (χ3n) is 4.97. The summed E-state index contributed by atoms with van der Waals surface area (Å²) in [5, 5.41) is 1.03. The van der Waals surface area contributed by atoms with Crippen molar-refractivity contribution in [3.8, 4) is 5.75 Å². The molecule has 0 N–H and O–H groups in total. The number of amides is 2. The second kappa shape index (κ2) is 10.2. The molecule has 0 atom stereocenters. The van der Waals surface area contributed by atoms with E-state index < -0.39 is 0 Å². The van der Waals surface area contributed by atoms with Gasteiger partial charge in [-0.3, -0.25) is 14.5 Å². The van der Waals surface area contributed by atoms with Gasteiger partial charge in [0.1, 0.15) is 12.4 Å². The van der Waals surface area contributed by atoms with Crippen LogP contribution in [0.2, 0.25) is 15.1 Å². The fraction of sp³-hybridized carbons (Fsp3) is 0.120. The Morgan fingerprint density at radius 1 is 0.879 bits per heavy atom. The molecule has 0 unspecified atom stereocenters. The fourth-order valence-corrected chi connectivity index (χ4v) is 4.58. The second-order valence-electron chi connectivity index (χ2n) is 7.48. The number of hydrogen-bond donors (Lipinski definition) is 0. The van der Waals surface area contributed by atoms with Crippen LogP contribution < -0.4 is 4.74 Å². The molecule has 0 radical (unpaired) electrons. The standard InChI is InChI=1S/C25H18Cl3NO3S/c1-15-2-4-16(5-3-15)13-29-24(30)23(33-25(29)31)12-17-7-9-22(21(28)10-17)32-14-18-6-8-19(26)20(27)11-18/h2-12H,13-14H2,1H3/b23-12-. The van der Waals surface area contributed by atoms with E-state index in [2.05, 4.69) is 0 Å². The van der Waals surface area contributed by atoms with Gasteiger partial charge in [0, 0.05) is 0 Å². The lowest BCUT2D eigenvalue weighted by Gasteiger charge is -2.12. The average Bonchev–Trinajstić information content (AvgIpc) is 3.04. The quantitative estimate of drug-likeness (QED) is 0.313. The summed E-state index contributed by atoms with van der Waals surface area (Å²) in [4.78, 5) is 26.8. The highest BCUT2D eigenvalue weighted by molar-refractivity contribution is 8.18. The van der Waals surface area contributed by atoms with Gasteiger partial charge >= 0.3 is 0 Å². The first kappa shape index (κ1) is 23.7. The number of benzene rings is 3. The molecule has 1 saturated heterocycles. The first-order valence-electron chi connectivity index (χ1n) is 9.97. The lowest BCUT2D eigenvalue weighted by atomic mass is 10.1. The zero-order valence-electron chi connectivity index (χ0n) is 17.5. The topological polar surface area (TPSA) is 46.6 Å². The van der Waals surface area contributed by atoms with Crippen LogP contribution >= 0.6 is 46.6 Å². The predicted octanol–water partition coefficient (Wildman–Crippen LogP) is 7.77. The Kier molecular flexibility index (Phi) is 7.35. The van der Waals surface area contributed by atoms with Crippen molar-refractivity contribution in [2.24, 2.45) is 0 Å². The number of thioether (sulfide) groups is 1. The number of nitrogens with zero attached hydrogens (tertiary/aromatic N) is 1. The minimum atomic E-state index is -0.318. The van der Waals surface area contributed by atoms with Gasteiger partial charge in [-0.1, -0.05) is 76.8 Å². The number of ether oxygens (including phenoxy) is 1. The summed E-state index contributed by atoms with van der Waals surface area (Å²) in [7, 11) is 0. The van der Waals surface area contributed by atoms with E-state index in [9.17, 15) is 9.59 Å². The van der Waals surface area contributed by atoms with Crippen LogP contribution in [-0.4, -0.2) is 16.0 Å². The predicted molar refractivity (Wildman–Crippen MR) is 135 cm³/mol. The van der Waals surface area contributed by atoms with E-state index in [-0.39, 0.29) is 24.3 Å². The number of imide groups is 1. The number of hydrogen-bond acceptors (Lipinski definition) is 4. The molecule has 2 amide bonds. The van der Waals surface area contributed by atoms with Crippen LogP contribution in [0.5, 0.6) is 5.75 Å². The largest absolute Gasteiger partial charge is 0.487 e. The lowest BCUT2D eigenvalue weighted by Crippen LogP contribution is -2.27. The van der Waals surface area contributed by atoms with Crippen molar-refractivity contribution in [3.63, 3.8) is 0 Å². The molecule has 3 aromatic rings. The first-order chi connectivity index (χ1) is 15.8. The van der Waals surface area contributed by atoms with Crippen molar-refractivity contribution in [2.75, 3.05) is 0 Å². The molecule has 1 aliphatic heterocycles. The molecule has 33 heavy (non-hydrogen) atoms. The van der Waals surface area contributed by atoms with Crippen LogP contribution in [0.15, 0.2) is 65.6 Å². The van der Waals surface area contributed by atoms with Crippen LogP contribution in [0.25, 0.3) is 6.08 Å². The molecule has 1 heterocycles. The van der Waals surface area contributed by atoms with Gasteiger partial charge in [0.25, 0.3) is 11.1 Å². The molecular formula is C25H18Cl3NO3S. The van der Waals surface area contributed by atoms with E-state index in [4.69, 9.17) is 39.5 Å². The Hall–Kier alpha value is -2.44. The Morgan fingerprint density at radius 2 is 1.61 bits per heavy atom. The summed E-state index contributed by atoms with van der Waals surface area (Å²) < 4.78 is 5.78. The summed E-state index contributed by atoms with van der Waals surface area (Å²) in [6, 6.07) is 18.2. The molecular weight excluding hydrogens is 501 g/mol. The van der Waals surface area contributed by atoms with E-state index in [1.807, 2.05) is 37.3 Å². The van der Waals surface area contributed by atoms with Gasteiger partial charge in [-0.25, -0.2) is 0 Å². The van der Waals surface area contributed by atoms with Crippen LogP contribution in [0, 0.1) is 6.92 Å². The zero-order valence-corrected chi connectivity index (χ0v) is 20.6. The van der Waals surface area contributed by atoms with Crippen molar-refractivity contribution in [1.82, 2.24) is 4.90 Å². The third kappa shape index (κ3) is 5.74. The maximum absolute atomic E-state index is 12.8. The van der Waals surface area contributed by atoms with Gasteiger partial charge in [0.2, 0.25) is 0 Å². The molecule has 8 heteroatoms. The van der Waals surface area contributed by atoms with E-state index in [1.165, 1.54) is 4.90 Å². The fourth-order valence-electron chi connectivity index (χ4n) is 3.18. The van der Waals surface area contributed by atoms with Crippen LogP contribution in [0.1, 0.15) is 22.3 Å². The minimum Gasteiger partial charge on any atom is -0.487 e. The molecule has 3 aromatic carbocycles. The second-order valence-corrected chi connectivity index (χ2v) is 9.70. The number of carbonyl (C=O) groups excluding carboxylic acids is 2. The summed E-state index contributed by atoms with van der Waals surface area (Å²) in [6.45, 7) is 2.50. The van der Waals surface area contributed by atoms with E-state index >= 15 is 0 Å². The van der Waals surface area contributed by atoms with Crippen molar-refractivity contribution >= 4 is 63.8 Å². The van der Waals surface area contributed by atoms with E-state index in [0.29, 0.717) is 31.3 Å². The summed E-state index contributed by atoms with van der Waals surface area (Å²) in [6.07, 6.45) is 1.66. The van der Waals surface area contributed by atoms with E-state index in [0.717, 1.165) is 28.5 Å². The Balaban J connectivity index is 1.44. The number of rotatable bonds is 6. The molecule has 4 rings (SSSR count). The summed E-state index contributed by atoms with van der Waals surface area (Å²) >= 11 is 19.3. The van der Waals surface area contributed by atoms with Crippen molar-refractivity contribution < 1.29 is 14.3 Å². The molecule has 0 aromatic heterocycles. The van der Waals surface area contributed by atoms with Gasteiger partial charge in [-0.15, -0.1) is 0 Å². The SMILES string of the molecule is Cc1ccc(CN2C(=O)S/C(=C\c3ccc(OCc4ccc(Cl)c(Cl)c4)c(Cl)c3)C2=O)cc1. The molecule has 1 aliphatic rings. The monoisotopic (exact) mass is 517 g/mol. The number of carbonyl (C=O) groups is 2. The van der Waals surface area contributed by atoms with Gasteiger partial charge in [0.05, 0.1) is 26.5 Å². The third-order valence-corrected chi connectivity index (χ3v) is 6.91. The van der Waals surface area contributed by atoms with Crippen LogP contribution in [0.3, 0.4) is 0 Å². The Morgan fingerprint density at radius 3 is 2.30 bits per heavy atom. The maximum Gasteiger partial charge on any atom is 0.293 e. The Bertz CT molecular complexity index is 1260. The molecule has 0 aliphatic carbocycles. The van der Waals surface area contributed by atoms with Gasteiger partial charge in [-0.05, 0) is 65.7 Å². The normalized spacial score (nSPS) is 14.9. The van der Waals surface area contributed by atoms with Crippen molar-refractivity contribution in [3.05, 3.63) is 103 Å². The summed E-state index contributed by atoms with van der Waals surface area (Å²) in [5.74, 6) is 0.175. The summed E-state index contributed by atoms with van der Waals surface area (Å²) in [5.41, 5.74) is 3.57. The first-order valence-corrected chi connectivity index (χ1v) is 11.9. The van der Waals surface area contributed by atoms with Crippen molar-refractivity contribution in [1.29, 1.82) is 0 Å². The number of halogens is 3.